The summed E-state index contributed by atoms with van der Waals surface area (Å²) in [6.07, 6.45) is 2.16. The Kier molecular flexibility index (Phi) is 3.29. The first kappa shape index (κ1) is 12.3. The lowest BCUT2D eigenvalue weighted by Gasteiger charge is -2.18. The molecule has 0 aliphatic carbocycles. The van der Waals surface area contributed by atoms with Crippen molar-refractivity contribution in [1.29, 1.82) is 0 Å². The molecule has 1 aliphatic rings. The molecule has 5 heteroatoms. The lowest BCUT2D eigenvalue weighted by atomic mass is 10.00. The number of benzene rings is 1. The summed E-state index contributed by atoms with van der Waals surface area (Å²) in [6.45, 7) is 3.75. The van der Waals surface area contributed by atoms with E-state index in [-0.39, 0.29) is 11.7 Å². The topological polar surface area (TPSA) is 51.0 Å². The Hall–Kier alpha value is -1.75. The molecule has 2 heterocycles. The number of aryl methyl sites for hydroxylation is 1. The Bertz CT molecular complexity index is 556. The summed E-state index contributed by atoms with van der Waals surface area (Å²) in [5.74, 6) is 1.10. The lowest BCUT2D eigenvalue weighted by Crippen LogP contribution is -2.28. The molecular weight excluding hydrogens is 245 g/mol. The summed E-state index contributed by atoms with van der Waals surface area (Å²) in [5, 5.41) is 7.28. The number of nitrogens with zero attached hydrogens (tertiary/aromatic N) is 2. The third-order valence-corrected chi connectivity index (χ3v) is 3.39. The van der Waals surface area contributed by atoms with Gasteiger partial charge < -0.3 is 9.84 Å². The number of hydrogen-bond donors (Lipinski definition) is 1. The quantitative estimate of drug-likeness (QED) is 0.903. The first-order valence-electron chi connectivity index (χ1n) is 6.54. The minimum absolute atomic E-state index is 0.268. The van der Waals surface area contributed by atoms with E-state index in [0.29, 0.717) is 17.3 Å². The van der Waals surface area contributed by atoms with Crippen molar-refractivity contribution >= 4 is 0 Å². The highest BCUT2D eigenvalue weighted by Crippen LogP contribution is 2.25. The van der Waals surface area contributed by atoms with Gasteiger partial charge in [0.25, 0.3) is 0 Å². The smallest absolute Gasteiger partial charge is 0.231 e. The third kappa shape index (κ3) is 2.66. The molecule has 0 amide bonds. The van der Waals surface area contributed by atoms with Crippen molar-refractivity contribution in [2.75, 3.05) is 13.1 Å². The van der Waals surface area contributed by atoms with Crippen LogP contribution in [0.25, 0.3) is 11.4 Å². The lowest BCUT2D eigenvalue weighted by molar-refractivity contribution is 0.322. The fourth-order valence-corrected chi connectivity index (χ4v) is 2.45. The van der Waals surface area contributed by atoms with Crippen LogP contribution in [0.3, 0.4) is 0 Å². The van der Waals surface area contributed by atoms with Crippen LogP contribution in [0.15, 0.2) is 22.7 Å². The highest BCUT2D eigenvalue weighted by atomic mass is 19.1. The Morgan fingerprint density at radius 3 is 3.00 bits per heavy atom. The minimum atomic E-state index is -0.277. The molecule has 1 aromatic heterocycles. The van der Waals surface area contributed by atoms with Crippen molar-refractivity contribution in [1.82, 2.24) is 15.5 Å². The Labute approximate surface area is 111 Å². The molecule has 4 nitrogen and oxygen atoms in total. The first-order valence-corrected chi connectivity index (χ1v) is 6.54. The predicted octanol–water partition coefficient (Wildman–Crippen LogP) is 2.65. The maximum absolute atomic E-state index is 13.4. The van der Waals surface area contributed by atoms with Gasteiger partial charge >= 0.3 is 0 Å². The summed E-state index contributed by atoms with van der Waals surface area (Å²) in [5.41, 5.74) is 1.51. The molecule has 0 radical (unpaired) electrons. The zero-order valence-corrected chi connectivity index (χ0v) is 10.8. The van der Waals surface area contributed by atoms with Gasteiger partial charge in [0.1, 0.15) is 5.82 Å². The van der Waals surface area contributed by atoms with Gasteiger partial charge in [-0.15, -0.1) is 0 Å². The van der Waals surface area contributed by atoms with E-state index in [0.717, 1.165) is 31.5 Å². The van der Waals surface area contributed by atoms with Crippen LogP contribution in [0.4, 0.5) is 4.39 Å². The average molecular weight is 261 g/mol. The van der Waals surface area contributed by atoms with Crippen LogP contribution in [-0.2, 0) is 0 Å². The van der Waals surface area contributed by atoms with Gasteiger partial charge in [-0.05, 0) is 50.1 Å². The summed E-state index contributed by atoms with van der Waals surface area (Å²) >= 11 is 0. The zero-order chi connectivity index (χ0) is 13.2. The van der Waals surface area contributed by atoms with E-state index in [1.165, 1.54) is 12.1 Å². The summed E-state index contributed by atoms with van der Waals surface area (Å²) in [4.78, 5) is 4.40. The van der Waals surface area contributed by atoms with E-state index in [1.54, 1.807) is 0 Å². The highest BCUT2D eigenvalue weighted by molar-refractivity contribution is 5.55. The largest absolute Gasteiger partial charge is 0.339 e. The molecule has 19 heavy (non-hydrogen) atoms. The second-order valence-corrected chi connectivity index (χ2v) is 5.02. The molecule has 2 aromatic rings. The number of halogens is 1. The van der Waals surface area contributed by atoms with Crippen LogP contribution in [0.1, 0.15) is 30.2 Å². The van der Waals surface area contributed by atoms with Crippen molar-refractivity contribution in [2.24, 2.45) is 0 Å². The highest BCUT2D eigenvalue weighted by Gasteiger charge is 2.21. The van der Waals surface area contributed by atoms with E-state index in [9.17, 15) is 4.39 Å². The number of hydrogen-bond acceptors (Lipinski definition) is 4. The van der Waals surface area contributed by atoms with Crippen molar-refractivity contribution in [3.05, 3.63) is 35.5 Å². The summed E-state index contributed by atoms with van der Waals surface area (Å²) in [6, 6.07) is 4.77. The SMILES string of the molecule is Cc1cc(F)cc(-c2noc([C@@H]3CCCNC3)n2)c1. The standard InChI is InChI=1S/C14H16FN3O/c1-9-5-11(7-12(15)6-9)13-17-14(19-18-13)10-3-2-4-16-8-10/h5-7,10,16H,2-4,8H2,1H3/t10-/m1/s1. The van der Waals surface area contributed by atoms with Crippen LogP contribution in [0.2, 0.25) is 0 Å². The van der Waals surface area contributed by atoms with Gasteiger partial charge in [0.15, 0.2) is 0 Å². The zero-order valence-electron chi connectivity index (χ0n) is 10.8. The van der Waals surface area contributed by atoms with Crippen molar-refractivity contribution < 1.29 is 8.91 Å². The number of piperidine rings is 1. The van der Waals surface area contributed by atoms with Crippen LogP contribution >= 0.6 is 0 Å². The number of rotatable bonds is 2. The maximum Gasteiger partial charge on any atom is 0.231 e. The monoisotopic (exact) mass is 261 g/mol. The van der Waals surface area contributed by atoms with Crippen molar-refractivity contribution in [3.63, 3.8) is 0 Å². The predicted molar refractivity (Wildman–Crippen MR) is 69.3 cm³/mol. The van der Waals surface area contributed by atoms with Gasteiger partial charge in [-0.2, -0.15) is 4.98 Å². The molecule has 1 aliphatic heterocycles. The van der Waals surface area contributed by atoms with E-state index >= 15 is 0 Å². The van der Waals surface area contributed by atoms with Gasteiger partial charge in [0.05, 0.1) is 5.92 Å². The molecule has 0 unspecified atom stereocenters. The van der Waals surface area contributed by atoms with E-state index < -0.39 is 0 Å². The van der Waals surface area contributed by atoms with Crippen molar-refractivity contribution in [3.8, 4) is 11.4 Å². The molecule has 1 saturated heterocycles. The minimum Gasteiger partial charge on any atom is -0.339 e. The first-order chi connectivity index (χ1) is 9.22. The molecule has 0 bridgehead atoms. The maximum atomic E-state index is 13.4. The molecule has 1 atom stereocenters. The second kappa shape index (κ2) is 5.09. The fourth-order valence-electron chi connectivity index (χ4n) is 2.45. The Balaban J connectivity index is 1.87. The van der Waals surface area contributed by atoms with Gasteiger partial charge in [0, 0.05) is 12.1 Å². The second-order valence-electron chi connectivity index (χ2n) is 5.02. The summed E-state index contributed by atoms with van der Waals surface area (Å²) < 4.78 is 18.7. The summed E-state index contributed by atoms with van der Waals surface area (Å²) in [7, 11) is 0. The third-order valence-electron chi connectivity index (χ3n) is 3.39. The van der Waals surface area contributed by atoms with Crippen molar-refractivity contribution in [2.45, 2.75) is 25.7 Å². The fraction of sp³-hybridized carbons (Fsp3) is 0.429. The van der Waals surface area contributed by atoms with Crippen LogP contribution < -0.4 is 5.32 Å². The Morgan fingerprint density at radius 1 is 1.37 bits per heavy atom. The molecule has 0 saturated carbocycles. The van der Waals surface area contributed by atoms with Crippen LogP contribution in [0.5, 0.6) is 0 Å². The van der Waals surface area contributed by atoms with Gasteiger partial charge in [-0.25, -0.2) is 4.39 Å². The average Bonchev–Trinajstić information content (AvgIpc) is 2.88. The number of nitrogens with one attached hydrogen (secondary N) is 1. The van der Waals surface area contributed by atoms with E-state index in [4.69, 9.17) is 4.52 Å². The van der Waals surface area contributed by atoms with Gasteiger partial charge in [-0.1, -0.05) is 5.16 Å². The molecule has 1 fully saturated rings. The molecule has 0 spiro atoms. The number of aromatic nitrogens is 2. The van der Waals surface area contributed by atoms with E-state index in [1.807, 2.05) is 13.0 Å². The van der Waals surface area contributed by atoms with Crippen LogP contribution in [-0.4, -0.2) is 23.2 Å². The molecule has 3 rings (SSSR count). The van der Waals surface area contributed by atoms with E-state index in [2.05, 4.69) is 15.5 Å². The van der Waals surface area contributed by atoms with Crippen LogP contribution in [0, 0.1) is 12.7 Å². The molecule has 1 N–H and O–H groups in total. The van der Waals surface area contributed by atoms with Gasteiger partial charge in [0.2, 0.25) is 11.7 Å². The normalized spacial score (nSPS) is 19.6. The molecule has 100 valence electrons. The molecule has 1 aromatic carbocycles. The Morgan fingerprint density at radius 2 is 2.26 bits per heavy atom. The molecular formula is C14H16FN3O. The van der Waals surface area contributed by atoms with Gasteiger partial charge in [-0.3, -0.25) is 0 Å².